The zero-order valence-electron chi connectivity index (χ0n) is 21.0. The fraction of sp³-hybridized carbons (Fsp3) is 0.731. The maximum Gasteiger partial charge on any atom is 0.356 e. The van der Waals surface area contributed by atoms with Gasteiger partial charge in [0.2, 0.25) is 0 Å². The van der Waals surface area contributed by atoms with Crippen LogP contribution in [-0.2, 0) is 9.53 Å². The second-order valence-electron chi connectivity index (χ2n) is 8.87. The summed E-state index contributed by atoms with van der Waals surface area (Å²) in [5, 5.41) is 9.97. The molecule has 1 aromatic heterocycles. The summed E-state index contributed by atoms with van der Waals surface area (Å²) in [4.78, 5) is 30.5. The van der Waals surface area contributed by atoms with Crippen LogP contribution in [0.1, 0.15) is 114 Å². The van der Waals surface area contributed by atoms with E-state index >= 15 is 0 Å². The molecule has 1 aromatic rings. The number of nitrogens with zero attached hydrogens (tertiary/aromatic N) is 1. The number of imidazole rings is 1. The highest BCUT2D eigenvalue weighted by Gasteiger charge is 2.19. The van der Waals surface area contributed by atoms with Gasteiger partial charge in [-0.05, 0) is 32.6 Å². The fourth-order valence-corrected chi connectivity index (χ4v) is 4.74. The van der Waals surface area contributed by atoms with Crippen LogP contribution in [0, 0.1) is 12.8 Å². The summed E-state index contributed by atoms with van der Waals surface area (Å²) < 4.78 is 4.79. The lowest BCUT2D eigenvalue weighted by atomic mass is 10.0. The maximum absolute atomic E-state index is 11.8. The summed E-state index contributed by atoms with van der Waals surface area (Å²) in [5.74, 6) is -1.58. The van der Waals surface area contributed by atoms with Crippen LogP contribution in [0.3, 0.4) is 0 Å². The topological polar surface area (TPSA) is 92.3 Å². The van der Waals surface area contributed by atoms with Crippen molar-refractivity contribution >= 4 is 23.7 Å². The molecule has 0 saturated heterocycles. The number of hydrogen-bond acceptors (Lipinski definition) is 5. The van der Waals surface area contributed by atoms with Gasteiger partial charge in [0, 0.05) is 5.25 Å². The Hall–Kier alpha value is -1.76. The quantitative estimate of drug-likeness (QED) is 0.0931. The van der Waals surface area contributed by atoms with Gasteiger partial charge in [0.1, 0.15) is 5.69 Å². The second-order valence-corrected chi connectivity index (χ2v) is 10.1. The Morgan fingerprint density at radius 3 is 2.24 bits per heavy atom. The van der Waals surface area contributed by atoms with E-state index in [1.807, 2.05) is 0 Å². The molecule has 2 atom stereocenters. The van der Waals surface area contributed by atoms with Gasteiger partial charge in [-0.25, -0.2) is 9.78 Å². The van der Waals surface area contributed by atoms with Crippen LogP contribution >= 0.6 is 11.8 Å². The van der Waals surface area contributed by atoms with Crippen LogP contribution in [0.5, 0.6) is 0 Å². The molecule has 7 heteroatoms. The van der Waals surface area contributed by atoms with E-state index < -0.39 is 11.9 Å². The number of thioether (sulfide) groups is 1. The normalized spacial score (nSPS) is 13.3. The summed E-state index contributed by atoms with van der Waals surface area (Å²) in [6, 6.07) is 0. The van der Waals surface area contributed by atoms with Gasteiger partial charge in [-0.2, -0.15) is 0 Å². The van der Waals surface area contributed by atoms with Crippen molar-refractivity contribution in [2.45, 2.75) is 115 Å². The lowest BCUT2D eigenvalue weighted by Gasteiger charge is -2.13. The highest BCUT2D eigenvalue weighted by molar-refractivity contribution is 7.99. The van der Waals surface area contributed by atoms with Gasteiger partial charge in [-0.3, -0.25) is 4.79 Å². The van der Waals surface area contributed by atoms with Crippen molar-refractivity contribution in [2.75, 3.05) is 7.11 Å². The lowest BCUT2D eigenvalue weighted by molar-refractivity contribution is -0.141. The molecule has 1 rings (SSSR count). The van der Waals surface area contributed by atoms with Crippen LogP contribution in [0.2, 0.25) is 0 Å². The molecule has 0 fully saturated rings. The number of ether oxygens (including phenoxy) is 1. The molecule has 2 unspecified atom stereocenters. The summed E-state index contributed by atoms with van der Waals surface area (Å²) >= 11 is 1.53. The largest absolute Gasteiger partial charge is 0.481 e. The van der Waals surface area contributed by atoms with Crippen molar-refractivity contribution < 1.29 is 19.4 Å². The highest BCUT2D eigenvalue weighted by Crippen LogP contribution is 2.28. The second kappa shape index (κ2) is 17.7. The first-order valence-corrected chi connectivity index (χ1v) is 13.5. The predicted molar refractivity (Wildman–Crippen MR) is 136 cm³/mol. The molecule has 6 nitrogen and oxygen atoms in total. The molecule has 0 saturated carbocycles. The summed E-state index contributed by atoms with van der Waals surface area (Å²) in [6.07, 6.45) is 20.0. The summed E-state index contributed by atoms with van der Waals surface area (Å²) in [6.45, 7) is 5.77. The van der Waals surface area contributed by atoms with Gasteiger partial charge < -0.3 is 14.8 Å². The molecule has 0 spiro atoms. The number of rotatable bonds is 19. The number of carbonyl (C=O) groups excluding carboxylic acids is 1. The van der Waals surface area contributed by atoms with Crippen LogP contribution in [-0.4, -0.2) is 39.4 Å². The Morgan fingerprint density at radius 1 is 1.06 bits per heavy atom. The number of unbranched alkanes of at least 4 members (excludes halogenated alkanes) is 10. The number of aryl methyl sites for hydroxylation is 1. The molecule has 33 heavy (non-hydrogen) atoms. The number of esters is 1. The number of aromatic amines is 1. The molecule has 0 bridgehead atoms. The Labute approximate surface area is 204 Å². The zero-order chi connectivity index (χ0) is 24.5. The third-order valence-corrected chi connectivity index (χ3v) is 7.01. The van der Waals surface area contributed by atoms with E-state index in [4.69, 9.17) is 4.74 Å². The number of carbonyl (C=O) groups is 2. The molecule has 0 aliphatic rings. The molecule has 188 valence electrons. The first-order chi connectivity index (χ1) is 15.9. The summed E-state index contributed by atoms with van der Waals surface area (Å²) in [7, 11) is 1.35. The Kier molecular flexibility index (Phi) is 15.7. The van der Waals surface area contributed by atoms with E-state index in [1.165, 1.54) is 83.1 Å². The number of H-pyrrole nitrogens is 1. The summed E-state index contributed by atoms with van der Waals surface area (Å²) in [5.41, 5.74) is 0.975. The minimum absolute atomic E-state index is 0.103. The van der Waals surface area contributed by atoms with Gasteiger partial charge in [0.25, 0.3) is 0 Å². The molecule has 0 aliphatic heterocycles. The maximum atomic E-state index is 11.8. The lowest BCUT2D eigenvalue weighted by Crippen LogP contribution is -2.12. The van der Waals surface area contributed by atoms with E-state index in [0.717, 1.165) is 12.8 Å². The van der Waals surface area contributed by atoms with Gasteiger partial charge in [0.15, 0.2) is 5.16 Å². The number of allylic oxidation sites excluding steroid dienone is 1. The van der Waals surface area contributed by atoms with Crippen LogP contribution < -0.4 is 0 Å². The first kappa shape index (κ1) is 29.3. The van der Waals surface area contributed by atoms with Crippen molar-refractivity contribution in [3.8, 4) is 0 Å². The van der Waals surface area contributed by atoms with Gasteiger partial charge in [-0.15, -0.1) is 0 Å². The fourth-order valence-electron chi connectivity index (χ4n) is 3.66. The third-order valence-electron chi connectivity index (χ3n) is 5.90. The number of aromatic nitrogens is 2. The molecule has 0 radical (unpaired) electrons. The average molecular weight is 481 g/mol. The smallest absolute Gasteiger partial charge is 0.356 e. The monoisotopic (exact) mass is 480 g/mol. The molecular formula is C26H44N2O4S. The number of aliphatic carboxylic acids is 1. The van der Waals surface area contributed by atoms with Gasteiger partial charge >= 0.3 is 11.9 Å². The molecular weight excluding hydrogens is 436 g/mol. The van der Waals surface area contributed by atoms with E-state index in [2.05, 4.69) is 29.0 Å². The van der Waals surface area contributed by atoms with Crippen molar-refractivity contribution in [1.29, 1.82) is 0 Å². The van der Waals surface area contributed by atoms with Crippen molar-refractivity contribution in [3.05, 3.63) is 23.5 Å². The van der Waals surface area contributed by atoms with E-state index in [-0.39, 0.29) is 11.2 Å². The molecule has 0 aliphatic carbocycles. The Morgan fingerprint density at radius 2 is 1.67 bits per heavy atom. The zero-order valence-corrected chi connectivity index (χ0v) is 21.8. The Balaban J connectivity index is 2.45. The average Bonchev–Trinajstić information content (AvgIpc) is 3.16. The number of carboxylic acid groups (broad SMARTS) is 1. The standard InChI is InChI=1S/C26H44N2O4S/c1-5-6-7-8-9-10-11-12-13-14-15-16-17-22(19-18-20(2)24(29)30)33-26-27-21(3)23(28-26)25(31)32-4/h16-17,20,22H,5-15,18-19H2,1-4H3,(H,27,28)(H,29,30)/b17-16-. The molecule has 2 N–H and O–H groups in total. The number of nitrogens with one attached hydrogen (secondary N) is 1. The van der Waals surface area contributed by atoms with Crippen molar-refractivity contribution in [2.24, 2.45) is 5.92 Å². The van der Waals surface area contributed by atoms with Crippen LogP contribution in [0.25, 0.3) is 0 Å². The molecule has 0 amide bonds. The van der Waals surface area contributed by atoms with Crippen molar-refractivity contribution in [3.63, 3.8) is 0 Å². The van der Waals surface area contributed by atoms with E-state index in [9.17, 15) is 14.7 Å². The Bertz CT molecular complexity index is 717. The highest BCUT2D eigenvalue weighted by atomic mass is 32.2. The third kappa shape index (κ3) is 12.9. The molecule has 1 heterocycles. The van der Waals surface area contributed by atoms with Crippen LogP contribution in [0.15, 0.2) is 17.3 Å². The minimum atomic E-state index is -0.769. The molecule has 0 aromatic carbocycles. The minimum Gasteiger partial charge on any atom is -0.481 e. The SMILES string of the molecule is CCCCCCCCCCCC/C=C\C(CCC(C)C(=O)O)Sc1nc(C)c(C(=O)OC)[nH]1. The van der Waals surface area contributed by atoms with E-state index in [0.29, 0.717) is 23.0 Å². The first-order valence-electron chi connectivity index (χ1n) is 12.6. The van der Waals surface area contributed by atoms with Crippen molar-refractivity contribution in [1.82, 2.24) is 9.97 Å². The number of hydrogen-bond donors (Lipinski definition) is 2. The van der Waals surface area contributed by atoms with E-state index in [1.54, 1.807) is 13.8 Å². The van der Waals surface area contributed by atoms with Gasteiger partial charge in [-0.1, -0.05) is 95.5 Å². The predicted octanol–water partition coefficient (Wildman–Crippen LogP) is 7.33. The number of carboxylic acids is 1. The van der Waals surface area contributed by atoms with Gasteiger partial charge in [0.05, 0.1) is 18.7 Å². The number of methoxy groups -OCH3 is 1. The van der Waals surface area contributed by atoms with Crippen LogP contribution in [0.4, 0.5) is 0 Å².